The minimum atomic E-state index is 0.310. The number of hydrogen-bond acceptors (Lipinski definition) is 4. The van der Waals surface area contributed by atoms with Crippen LogP contribution in [0.3, 0.4) is 0 Å². The molecule has 0 aliphatic heterocycles. The van der Waals surface area contributed by atoms with Crippen molar-refractivity contribution in [3.8, 4) is 11.5 Å². The third-order valence-electron chi connectivity index (χ3n) is 2.73. The van der Waals surface area contributed by atoms with Crippen LogP contribution in [0.4, 0.5) is 0 Å². The zero-order valence-electron chi connectivity index (χ0n) is 11.2. The maximum absolute atomic E-state index is 8.56. The molecule has 6 heteroatoms. The lowest BCUT2D eigenvalue weighted by atomic mass is 10.2. The highest BCUT2D eigenvalue weighted by molar-refractivity contribution is 6.32. The maximum atomic E-state index is 8.56. The lowest BCUT2D eigenvalue weighted by Crippen LogP contribution is -1.99. The summed E-state index contributed by atoms with van der Waals surface area (Å²) < 4.78 is 11.0. The molecule has 0 bridgehead atoms. The van der Waals surface area contributed by atoms with Gasteiger partial charge in [0.25, 0.3) is 0 Å². The van der Waals surface area contributed by atoms with Gasteiger partial charge in [-0.2, -0.15) is 0 Å². The maximum Gasteiger partial charge on any atom is 0.180 e. The zero-order valence-corrected chi connectivity index (χ0v) is 12.7. The average molecular weight is 326 g/mol. The normalized spacial score (nSPS) is 10.8. The van der Waals surface area contributed by atoms with E-state index in [0.717, 1.165) is 5.56 Å². The molecule has 0 aromatic heterocycles. The summed E-state index contributed by atoms with van der Waals surface area (Å²) in [6, 6.07) is 10.6. The molecule has 0 spiro atoms. The van der Waals surface area contributed by atoms with Gasteiger partial charge in [0.2, 0.25) is 0 Å². The number of halogens is 2. The highest BCUT2D eigenvalue weighted by Gasteiger charge is 2.12. The summed E-state index contributed by atoms with van der Waals surface area (Å²) in [5.41, 5.74) is 1.52. The molecule has 0 atom stereocenters. The molecule has 0 heterocycles. The molecule has 0 saturated carbocycles. The molecule has 21 heavy (non-hydrogen) atoms. The van der Waals surface area contributed by atoms with E-state index in [1.165, 1.54) is 13.3 Å². The molecule has 0 aliphatic carbocycles. The second-order valence-corrected chi connectivity index (χ2v) is 5.04. The third kappa shape index (κ3) is 4.03. The van der Waals surface area contributed by atoms with E-state index in [1.807, 2.05) is 18.2 Å². The van der Waals surface area contributed by atoms with Gasteiger partial charge in [-0.25, -0.2) is 0 Å². The summed E-state index contributed by atoms with van der Waals surface area (Å²) in [6.45, 7) is 0.310. The first-order chi connectivity index (χ1) is 10.1. The van der Waals surface area contributed by atoms with Crippen LogP contribution in [0.5, 0.6) is 11.5 Å². The van der Waals surface area contributed by atoms with Crippen molar-refractivity contribution in [3.05, 3.63) is 57.6 Å². The molecule has 2 aromatic rings. The van der Waals surface area contributed by atoms with Gasteiger partial charge in [0.05, 0.1) is 18.3 Å². The number of benzene rings is 2. The Morgan fingerprint density at radius 1 is 1.24 bits per heavy atom. The lowest BCUT2D eigenvalue weighted by Gasteiger charge is -2.13. The standard InChI is InChI=1S/C15H13Cl2NO3/c1-20-14-7-11(8-18-19)6-13(17)15(14)21-9-10-3-2-4-12(16)5-10/h2-8,19H,9H2,1H3/b18-8+. The van der Waals surface area contributed by atoms with Crippen molar-refractivity contribution < 1.29 is 14.7 Å². The first-order valence-electron chi connectivity index (χ1n) is 6.06. The number of ether oxygens (including phenoxy) is 2. The Morgan fingerprint density at radius 3 is 2.71 bits per heavy atom. The first kappa shape index (κ1) is 15.5. The summed E-state index contributed by atoms with van der Waals surface area (Å²) in [5, 5.41) is 12.5. The largest absolute Gasteiger partial charge is 0.493 e. The lowest BCUT2D eigenvalue weighted by molar-refractivity contribution is 0.284. The van der Waals surface area contributed by atoms with E-state index in [0.29, 0.717) is 33.7 Å². The SMILES string of the molecule is COc1cc(/C=N/O)cc(Cl)c1OCc1cccc(Cl)c1. The van der Waals surface area contributed by atoms with Gasteiger partial charge >= 0.3 is 0 Å². The van der Waals surface area contributed by atoms with Gasteiger partial charge < -0.3 is 14.7 Å². The summed E-state index contributed by atoms with van der Waals surface area (Å²) in [5.74, 6) is 0.883. The smallest absolute Gasteiger partial charge is 0.180 e. The van der Waals surface area contributed by atoms with Crippen molar-refractivity contribution in [2.45, 2.75) is 6.61 Å². The summed E-state index contributed by atoms with van der Waals surface area (Å²) in [4.78, 5) is 0. The molecule has 110 valence electrons. The monoisotopic (exact) mass is 325 g/mol. The second kappa shape index (κ2) is 7.20. The molecular weight excluding hydrogens is 313 g/mol. The number of oxime groups is 1. The fourth-order valence-electron chi connectivity index (χ4n) is 1.80. The van der Waals surface area contributed by atoms with E-state index in [1.54, 1.807) is 18.2 Å². The first-order valence-corrected chi connectivity index (χ1v) is 6.82. The molecule has 0 amide bonds. The fourth-order valence-corrected chi connectivity index (χ4v) is 2.29. The van der Waals surface area contributed by atoms with Crippen molar-refractivity contribution in [1.82, 2.24) is 0 Å². The highest BCUT2D eigenvalue weighted by Crippen LogP contribution is 2.36. The van der Waals surface area contributed by atoms with E-state index in [-0.39, 0.29) is 0 Å². The fraction of sp³-hybridized carbons (Fsp3) is 0.133. The van der Waals surface area contributed by atoms with E-state index < -0.39 is 0 Å². The van der Waals surface area contributed by atoms with Crippen molar-refractivity contribution >= 4 is 29.4 Å². The number of rotatable bonds is 5. The van der Waals surface area contributed by atoms with Gasteiger partial charge in [-0.05, 0) is 29.8 Å². The van der Waals surface area contributed by atoms with Crippen LogP contribution in [0, 0.1) is 0 Å². The topological polar surface area (TPSA) is 51.0 Å². The van der Waals surface area contributed by atoms with Gasteiger partial charge in [0.1, 0.15) is 6.61 Å². The minimum absolute atomic E-state index is 0.310. The Kier molecular flexibility index (Phi) is 5.31. The van der Waals surface area contributed by atoms with Crippen LogP contribution in [-0.2, 0) is 6.61 Å². The molecule has 4 nitrogen and oxygen atoms in total. The second-order valence-electron chi connectivity index (χ2n) is 4.20. The van der Waals surface area contributed by atoms with Crippen LogP contribution in [0.15, 0.2) is 41.6 Å². The Balaban J connectivity index is 2.23. The number of nitrogens with zero attached hydrogens (tertiary/aromatic N) is 1. The Bertz CT molecular complexity index is 659. The van der Waals surface area contributed by atoms with Crippen LogP contribution >= 0.6 is 23.2 Å². The van der Waals surface area contributed by atoms with Crippen molar-refractivity contribution in [2.24, 2.45) is 5.16 Å². The van der Waals surface area contributed by atoms with Crippen molar-refractivity contribution in [3.63, 3.8) is 0 Å². The summed E-state index contributed by atoms with van der Waals surface area (Å²) in [6.07, 6.45) is 1.26. The van der Waals surface area contributed by atoms with Gasteiger partial charge in [0, 0.05) is 10.6 Å². The van der Waals surface area contributed by atoms with Gasteiger partial charge in [0.15, 0.2) is 11.5 Å². The van der Waals surface area contributed by atoms with Crippen molar-refractivity contribution in [1.29, 1.82) is 0 Å². The van der Waals surface area contributed by atoms with Crippen LogP contribution < -0.4 is 9.47 Å². The summed E-state index contributed by atoms with van der Waals surface area (Å²) in [7, 11) is 1.51. The molecule has 0 fully saturated rings. The van der Waals surface area contributed by atoms with E-state index in [2.05, 4.69) is 5.16 Å². The van der Waals surface area contributed by atoms with E-state index in [4.69, 9.17) is 37.9 Å². The Labute approximate surface area is 132 Å². The molecular formula is C15H13Cl2NO3. The molecule has 0 aliphatic rings. The van der Waals surface area contributed by atoms with Gasteiger partial charge in [-0.15, -0.1) is 0 Å². The predicted octanol–water partition coefficient (Wildman–Crippen LogP) is 4.39. The molecule has 0 saturated heterocycles. The van der Waals surface area contributed by atoms with Crippen LogP contribution in [0.1, 0.15) is 11.1 Å². The Hall–Kier alpha value is -1.91. The van der Waals surface area contributed by atoms with Gasteiger partial charge in [-0.1, -0.05) is 40.5 Å². The molecule has 0 radical (unpaired) electrons. The third-order valence-corrected chi connectivity index (χ3v) is 3.25. The molecule has 2 rings (SSSR count). The molecule has 2 aromatic carbocycles. The minimum Gasteiger partial charge on any atom is -0.493 e. The molecule has 1 N–H and O–H groups in total. The van der Waals surface area contributed by atoms with Crippen LogP contribution in [0.2, 0.25) is 10.0 Å². The quantitative estimate of drug-likeness (QED) is 0.504. The van der Waals surface area contributed by atoms with E-state index in [9.17, 15) is 0 Å². The van der Waals surface area contributed by atoms with Gasteiger partial charge in [-0.3, -0.25) is 0 Å². The number of methoxy groups -OCH3 is 1. The average Bonchev–Trinajstić information content (AvgIpc) is 2.46. The van der Waals surface area contributed by atoms with Crippen molar-refractivity contribution in [2.75, 3.05) is 7.11 Å². The predicted molar refractivity (Wildman–Crippen MR) is 83.2 cm³/mol. The zero-order chi connectivity index (χ0) is 15.2. The highest BCUT2D eigenvalue weighted by atomic mass is 35.5. The summed E-state index contributed by atoms with van der Waals surface area (Å²) >= 11 is 12.1. The number of hydrogen-bond donors (Lipinski definition) is 1. The van der Waals surface area contributed by atoms with Crippen LogP contribution in [-0.4, -0.2) is 18.5 Å². The van der Waals surface area contributed by atoms with Crippen LogP contribution in [0.25, 0.3) is 0 Å². The van der Waals surface area contributed by atoms with E-state index >= 15 is 0 Å². The molecule has 0 unspecified atom stereocenters. The Morgan fingerprint density at radius 2 is 2.05 bits per heavy atom.